The molecule has 0 atom stereocenters. The first-order valence-corrected chi connectivity index (χ1v) is 6.52. The van der Waals surface area contributed by atoms with Crippen LogP contribution in [0.1, 0.15) is 30.9 Å². The van der Waals surface area contributed by atoms with E-state index in [0.717, 1.165) is 26.3 Å². The third kappa shape index (κ3) is 3.83. The molecular weight excluding hydrogens is 210 g/mol. The van der Waals surface area contributed by atoms with Gasteiger partial charge in [-0.05, 0) is 30.7 Å². The molecule has 1 aromatic carbocycles. The van der Waals surface area contributed by atoms with Gasteiger partial charge in [0.15, 0.2) is 0 Å². The maximum atomic E-state index is 5.41. The molecule has 0 spiro atoms. The molecule has 0 unspecified atom stereocenters. The Balaban J connectivity index is 1.77. The van der Waals surface area contributed by atoms with E-state index in [1.54, 1.807) is 0 Å². The molecule has 1 aliphatic rings. The second-order valence-electron chi connectivity index (χ2n) is 5.51. The van der Waals surface area contributed by atoms with Crippen LogP contribution >= 0.6 is 0 Å². The molecule has 0 aliphatic carbocycles. The highest BCUT2D eigenvalue weighted by Crippen LogP contribution is 2.28. The van der Waals surface area contributed by atoms with Crippen molar-refractivity contribution in [3.05, 3.63) is 35.4 Å². The summed E-state index contributed by atoms with van der Waals surface area (Å²) < 4.78 is 5.41. The highest BCUT2D eigenvalue weighted by molar-refractivity contribution is 5.21. The molecule has 94 valence electrons. The van der Waals surface area contributed by atoms with Gasteiger partial charge in [-0.3, -0.25) is 0 Å². The third-order valence-electron chi connectivity index (χ3n) is 3.70. The molecule has 17 heavy (non-hydrogen) atoms. The Morgan fingerprint density at radius 3 is 2.47 bits per heavy atom. The van der Waals surface area contributed by atoms with Gasteiger partial charge in [0, 0.05) is 26.3 Å². The van der Waals surface area contributed by atoms with Crippen molar-refractivity contribution in [1.82, 2.24) is 5.32 Å². The van der Waals surface area contributed by atoms with E-state index in [2.05, 4.69) is 43.4 Å². The molecule has 1 saturated heterocycles. The third-order valence-corrected chi connectivity index (χ3v) is 3.70. The van der Waals surface area contributed by atoms with Crippen LogP contribution in [0, 0.1) is 12.3 Å². The number of rotatable bonds is 4. The summed E-state index contributed by atoms with van der Waals surface area (Å²) in [6.45, 7) is 8.38. The summed E-state index contributed by atoms with van der Waals surface area (Å²) in [6, 6.07) is 8.75. The zero-order valence-electron chi connectivity index (χ0n) is 11.0. The van der Waals surface area contributed by atoms with E-state index in [4.69, 9.17) is 4.74 Å². The van der Waals surface area contributed by atoms with E-state index in [1.165, 1.54) is 24.0 Å². The quantitative estimate of drug-likeness (QED) is 0.863. The summed E-state index contributed by atoms with van der Waals surface area (Å²) in [7, 11) is 0. The van der Waals surface area contributed by atoms with Crippen molar-refractivity contribution in [2.45, 2.75) is 33.2 Å². The topological polar surface area (TPSA) is 21.3 Å². The molecule has 1 aliphatic heterocycles. The Bertz CT molecular complexity index is 338. The monoisotopic (exact) mass is 233 g/mol. The first kappa shape index (κ1) is 12.6. The molecule has 0 aromatic heterocycles. The minimum atomic E-state index is 0.420. The minimum Gasteiger partial charge on any atom is -0.381 e. The van der Waals surface area contributed by atoms with Crippen molar-refractivity contribution in [3.8, 4) is 0 Å². The second-order valence-corrected chi connectivity index (χ2v) is 5.51. The molecule has 2 rings (SSSR count). The number of aryl methyl sites for hydroxylation is 1. The van der Waals surface area contributed by atoms with Crippen LogP contribution in [0.3, 0.4) is 0 Å². The Morgan fingerprint density at radius 1 is 1.18 bits per heavy atom. The van der Waals surface area contributed by atoms with Crippen LogP contribution in [0.15, 0.2) is 24.3 Å². The fourth-order valence-corrected chi connectivity index (χ4v) is 2.26. The molecule has 2 heteroatoms. The molecule has 1 N–H and O–H groups in total. The van der Waals surface area contributed by atoms with Crippen LogP contribution in [-0.4, -0.2) is 19.8 Å². The fourth-order valence-electron chi connectivity index (χ4n) is 2.26. The normalized spacial score (nSPS) is 19.2. The lowest BCUT2D eigenvalue weighted by Gasteiger charge is -2.33. The summed E-state index contributed by atoms with van der Waals surface area (Å²) in [5, 5.41) is 3.58. The number of ether oxygens (including phenoxy) is 1. The van der Waals surface area contributed by atoms with Crippen LogP contribution in [-0.2, 0) is 11.3 Å². The average molecular weight is 233 g/mol. The van der Waals surface area contributed by atoms with Gasteiger partial charge in [-0.1, -0.05) is 36.8 Å². The smallest absolute Gasteiger partial charge is 0.0471 e. The standard InChI is InChI=1S/C15H23NO/c1-13-3-5-14(6-4-13)11-16-12-15(2)7-9-17-10-8-15/h3-6,16H,7-12H2,1-2H3. The van der Waals surface area contributed by atoms with Crippen molar-refractivity contribution in [1.29, 1.82) is 0 Å². The Hall–Kier alpha value is -0.860. The lowest BCUT2D eigenvalue weighted by atomic mass is 9.82. The number of hydrogen-bond donors (Lipinski definition) is 1. The summed E-state index contributed by atoms with van der Waals surface area (Å²) in [5.74, 6) is 0. The lowest BCUT2D eigenvalue weighted by Crippen LogP contribution is -2.36. The molecule has 0 saturated carbocycles. The summed E-state index contributed by atoms with van der Waals surface area (Å²) in [6.07, 6.45) is 2.35. The van der Waals surface area contributed by atoms with Crippen molar-refractivity contribution in [2.24, 2.45) is 5.41 Å². The second kappa shape index (κ2) is 5.65. The zero-order valence-corrected chi connectivity index (χ0v) is 11.0. The first-order valence-electron chi connectivity index (χ1n) is 6.52. The molecule has 2 nitrogen and oxygen atoms in total. The highest BCUT2D eigenvalue weighted by atomic mass is 16.5. The predicted octanol–water partition coefficient (Wildman–Crippen LogP) is 2.90. The van der Waals surface area contributed by atoms with Gasteiger partial charge in [0.2, 0.25) is 0 Å². The van der Waals surface area contributed by atoms with E-state index in [0.29, 0.717) is 5.41 Å². The predicted molar refractivity (Wildman–Crippen MR) is 71.0 cm³/mol. The van der Waals surface area contributed by atoms with E-state index in [-0.39, 0.29) is 0 Å². The molecule has 0 amide bonds. The molecule has 1 heterocycles. The largest absolute Gasteiger partial charge is 0.381 e. The lowest BCUT2D eigenvalue weighted by molar-refractivity contribution is 0.0240. The summed E-state index contributed by atoms with van der Waals surface area (Å²) in [5.41, 5.74) is 3.11. The maximum absolute atomic E-state index is 5.41. The van der Waals surface area contributed by atoms with E-state index >= 15 is 0 Å². The number of nitrogens with one attached hydrogen (secondary N) is 1. The minimum absolute atomic E-state index is 0.420. The van der Waals surface area contributed by atoms with Gasteiger partial charge in [0.1, 0.15) is 0 Å². The Labute approximate surface area is 104 Å². The van der Waals surface area contributed by atoms with Gasteiger partial charge >= 0.3 is 0 Å². The van der Waals surface area contributed by atoms with Crippen LogP contribution < -0.4 is 5.32 Å². The van der Waals surface area contributed by atoms with Crippen LogP contribution in [0.4, 0.5) is 0 Å². The van der Waals surface area contributed by atoms with Gasteiger partial charge in [-0.15, -0.1) is 0 Å². The van der Waals surface area contributed by atoms with Gasteiger partial charge in [-0.2, -0.15) is 0 Å². The number of hydrogen-bond acceptors (Lipinski definition) is 2. The number of benzene rings is 1. The van der Waals surface area contributed by atoms with E-state index in [9.17, 15) is 0 Å². The van der Waals surface area contributed by atoms with Crippen molar-refractivity contribution in [2.75, 3.05) is 19.8 Å². The SMILES string of the molecule is Cc1ccc(CNCC2(C)CCOCC2)cc1. The highest BCUT2D eigenvalue weighted by Gasteiger charge is 2.26. The maximum Gasteiger partial charge on any atom is 0.0471 e. The average Bonchev–Trinajstić information content (AvgIpc) is 2.32. The molecule has 0 bridgehead atoms. The first-order chi connectivity index (χ1) is 8.18. The Morgan fingerprint density at radius 2 is 1.82 bits per heavy atom. The molecule has 1 fully saturated rings. The van der Waals surface area contributed by atoms with Gasteiger partial charge in [-0.25, -0.2) is 0 Å². The van der Waals surface area contributed by atoms with Gasteiger partial charge in [0.05, 0.1) is 0 Å². The van der Waals surface area contributed by atoms with Crippen LogP contribution in [0.5, 0.6) is 0 Å². The van der Waals surface area contributed by atoms with Crippen molar-refractivity contribution in [3.63, 3.8) is 0 Å². The molecule has 1 aromatic rings. The van der Waals surface area contributed by atoms with Crippen LogP contribution in [0.25, 0.3) is 0 Å². The summed E-state index contributed by atoms with van der Waals surface area (Å²) in [4.78, 5) is 0. The molecule has 0 radical (unpaired) electrons. The summed E-state index contributed by atoms with van der Waals surface area (Å²) >= 11 is 0. The van der Waals surface area contributed by atoms with Crippen molar-refractivity contribution >= 4 is 0 Å². The van der Waals surface area contributed by atoms with E-state index < -0.39 is 0 Å². The van der Waals surface area contributed by atoms with Gasteiger partial charge in [0.25, 0.3) is 0 Å². The van der Waals surface area contributed by atoms with Crippen LogP contribution in [0.2, 0.25) is 0 Å². The fraction of sp³-hybridized carbons (Fsp3) is 0.600. The van der Waals surface area contributed by atoms with Crippen molar-refractivity contribution < 1.29 is 4.74 Å². The van der Waals surface area contributed by atoms with Gasteiger partial charge < -0.3 is 10.1 Å². The zero-order chi connectivity index (χ0) is 12.1. The Kier molecular flexibility index (Phi) is 4.19. The molecular formula is C15H23NO. The van der Waals surface area contributed by atoms with E-state index in [1.807, 2.05) is 0 Å².